The first kappa shape index (κ1) is 28.3. The highest BCUT2D eigenvalue weighted by atomic mass is 28.3. The maximum atomic E-state index is 13.7. The SMILES string of the molecule is COc1ccc([Si](C)(C)[C@H]2[C@H](CCn3cc(C(CO)c4ccccc4)nn3)O[C@@]3(C(=O)Nc4ccccc43)[C@@H]2C)cc1. The first-order valence-electron chi connectivity index (χ1n) is 14.6. The molecular weight excluding hydrogens is 544 g/mol. The van der Waals surface area contributed by atoms with Gasteiger partial charge in [0.15, 0.2) is 5.60 Å². The Balaban J connectivity index is 1.32. The van der Waals surface area contributed by atoms with E-state index in [9.17, 15) is 9.90 Å². The van der Waals surface area contributed by atoms with Crippen molar-refractivity contribution in [2.45, 2.75) is 56.1 Å². The highest BCUT2D eigenvalue weighted by Gasteiger charge is 2.64. The predicted octanol–water partition coefficient (Wildman–Crippen LogP) is 4.67. The standard InChI is InChI=1S/C33H38N4O4Si/c1-22-31(42(3,4)25-16-14-24(40-2)15-17-25)30(41-33(22)27-12-8-9-13-28(27)34-32(33)39)18-19-37-20-29(35-36-37)26(21-38)23-10-6-5-7-11-23/h5-17,20,22,26,30-31,38H,18-19,21H2,1-4H3,(H,34,39)/t22-,26?,30+,31-,33+/m1/s1. The maximum Gasteiger partial charge on any atom is 0.261 e. The van der Waals surface area contributed by atoms with E-state index in [4.69, 9.17) is 9.47 Å². The molecule has 9 heteroatoms. The Kier molecular flexibility index (Phi) is 7.51. The summed E-state index contributed by atoms with van der Waals surface area (Å²) in [5, 5.41) is 23.4. The summed E-state index contributed by atoms with van der Waals surface area (Å²) in [5.74, 6) is 0.465. The van der Waals surface area contributed by atoms with Crippen LogP contribution in [-0.4, -0.2) is 53.9 Å². The number of benzene rings is 3. The average molecular weight is 583 g/mol. The van der Waals surface area contributed by atoms with Crippen LogP contribution < -0.4 is 15.2 Å². The number of para-hydroxylation sites is 1. The van der Waals surface area contributed by atoms with Gasteiger partial charge in [-0.2, -0.15) is 0 Å². The lowest BCUT2D eigenvalue weighted by molar-refractivity contribution is -0.143. The van der Waals surface area contributed by atoms with Crippen LogP contribution >= 0.6 is 0 Å². The van der Waals surface area contributed by atoms with Gasteiger partial charge in [0.25, 0.3) is 5.91 Å². The zero-order valence-electron chi connectivity index (χ0n) is 24.5. The predicted molar refractivity (Wildman–Crippen MR) is 165 cm³/mol. The van der Waals surface area contributed by atoms with Crippen LogP contribution in [0.4, 0.5) is 5.69 Å². The molecule has 6 rings (SSSR count). The highest BCUT2D eigenvalue weighted by Crippen LogP contribution is 2.58. The van der Waals surface area contributed by atoms with E-state index in [1.807, 2.05) is 77.6 Å². The van der Waals surface area contributed by atoms with Crippen molar-refractivity contribution in [3.05, 3.63) is 102 Å². The number of hydrogen-bond donors (Lipinski definition) is 2. The number of aromatic nitrogens is 3. The van der Waals surface area contributed by atoms with Crippen LogP contribution in [0.1, 0.15) is 36.1 Å². The van der Waals surface area contributed by atoms with Crippen molar-refractivity contribution in [3.63, 3.8) is 0 Å². The van der Waals surface area contributed by atoms with Gasteiger partial charge in [0.05, 0.1) is 39.5 Å². The van der Waals surface area contributed by atoms with Crippen molar-refractivity contribution in [3.8, 4) is 5.75 Å². The van der Waals surface area contributed by atoms with Crippen molar-refractivity contribution in [1.29, 1.82) is 0 Å². The second-order valence-corrected chi connectivity index (χ2v) is 16.7. The number of methoxy groups -OCH3 is 1. The quantitative estimate of drug-likeness (QED) is 0.279. The zero-order chi connectivity index (χ0) is 29.5. The molecule has 42 heavy (non-hydrogen) atoms. The van der Waals surface area contributed by atoms with E-state index >= 15 is 0 Å². The second kappa shape index (κ2) is 11.1. The molecule has 2 aliphatic rings. The molecule has 4 aromatic rings. The number of nitrogens with one attached hydrogen (secondary N) is 1. The fourth-order valence-electron chi connectivity index (χ4n) is 7.25. The lowest BCUT2D eigenvalue weighted by Crippen LogP contribution is -2.51. The lowest BCUT2D eigenvalue weighted by Gasteiger charge is -2.37. The van der Waals surface area contributed by atoms with Gasteiger partial charge in [-0.1, -0.05) is 91.1 Å². The molecule has 0 radical (unpaired) electrons. The van der Waals surface area contributed by atoms with Crippen LogP contribution in [-0.2, 0) is 21.7 Å². The summed E-state index contributed by atoms with van der Waals surface area (Å²) in [4.78, 5) is 13.7. The van der Waals surface area contributed by atoms with E-state index in [2.05, 4.69) is 47.8 Å². The first-order valence-corrected chi connectivity index (χ1v) is 17.7. The number of aliphatic hydroxyl groups is 1. The summed E-state index contributed by atoms with van der Waals surface area (Å²) >= 11 is 0. The molecule has 1 unspecified atom stereocenters. The van der Waals surface area contributed by atoms with Gasteiger partial charge in [-0.05, 0) is 35.7 Å². The fraction of sp³-hybridized carbons (Fsp3) is 0.364. The number of nitrogens with zero attached hydrogens (tertiary/aromatic N) is 3. The third-order valence-electron chi connectivity index (χ3n) is 9.44. The minimum absolute atomic E-state index is 0.0434. The van der Waals surface area contributed by atoms with Gasteiger partial charge < -0.3 is 19.9 Å². The van der Waals surface area contributed by atoms with Gasteiger partial charge in [-0.3, -0.25) is 9.48 Å². The van der Waals surface area contributed by atoms with E-state index in [0.29, 0.717) is 13.0 Å². The number of fused-ring (bicyclic) bond motifs is 2. The molecule has 1 aromatic heterocycles. The van der Waals surface area contributed by atoms with Gasteiger partial charge in [0.2, 0.25) is 0 Å². The van der Waals surface area contributed by atoms with Gasteiger partial charge >= 0.3 is 0 Å². The highest BCUT2D eigenvalue weighted by molar-refractivity contribution is 6.91. The normalized spacial score (nSPS) is 24.0. The zero-order valence-corrected chi connectivity index (χ0v) is 25.5. The topological polar surface area (TPSA) is 98.5 Å². The summed E-state index contributed by atoms with van der Waals surface area (Å²) < 4.78 is 14.3. The van der Waals surface area contributed by atoms with Crippen molar-refractivity contribution in [2.75, 3.05) is 19.0 Å². The van der Waals surface area contributed by atoms with E-state index in [1.54, 1.807) is 7.11 Å². The molecule has 0 aliphatic carbocycles. The molecule has 8 nitrogen and oxygen atoms in total. The Labute approximate surface area is 247 Å². The molecule has 1 saturated heterocycles. The van der Waals surface area contributed by atoms with Crippen molar-refractivity contribution < 1.29 is 19.4 Å². The van der Waals surface area contributed by atoms with Gasteiger partial charge in [0, 0.05) is 29.9 Å². The second-order valence-electron chi connectivity index (χ2n) is 12.0. The van der Waals surface area contributed by atoms with E-state index < -0.39 is 13.7 Å². The van der Waals surface area contributed by atoms with Crippen LogP contribution in [0.25, 0.3) is 0 Å². The third kappa shape index (κ3) is 4.65. The number of anilines is 1. The number of carbonyl (C=O) groups is 1. The molecule has 0 saturated carbocycles. The summed E-state index contributed by atoms with van der Waals surface area (Å²) in [6.45, 7) is 7.48. The first-order chi connectivity index (χ1) is 20.3. The molecule has 218 valence electrons. The van der Waals surface area contributed by atoms with Gasteiger partial charge in [0.1, 0.15) is 5.75 Å². The molecular formula is C33H38N4O4Si. The monoisotopic (exact) mass is 582 g/mol. The van der Waals surface area contributed by atoms with Crippen LogP contribution in [0.3, 0.4) is 0 Å². The molecule has 1 amide bonds. The van der Waals surface area contributed by atoms with Crippen molar-refractivity contribution in [2.24, 2.45) is 5.92 Å². The number of hydrogen-bond acceptors (Lipinski definition) is 6. The minimum atomic E-state index is -2.19. The van der Waals surface area contributed by atoms with E-state index in [1.165, 1.54) is 5.19 Å². The maximum absolute atomic E-state index is 13.7. The number of aliphatic hydroxyl groups excluding tert-OH is 1. The summed E-state index contributed by atoms with van der Waals surface area (Å²) in [7, 11) is -0.513. The summed E-state index contributed by atoms with van der Waals surface area (Å²) in [6.07, 6.45) is 2.42. The Bertz CT molecular complexity index is 1560. The molecule has 1 fully saturated rings. The Hall–Kier alpha value is -3.79. The van der Waals surface area contributed by atoms with E-state index in [-0.39, 0.29) is 36.0 Å². The molecule has 5 atom stereocenters. The fourth-order valence-corrected chi connectivity index (χ4v) is 11.3. The Morgan fingerprint density at radius 2 is 1.79 bits per heavy atom. The molecule has 2 aliphatic heterocycles. The van der Waals surface area contributed by atoms with Crippen molar-refractivity contribution in [1.82, 2.24) is 15.0 Å². The average Bonchev–Trinajstić information content (AvgIpc) is 3.68. The number of carbonyl (C=O) groups excluding carboxylic acids is 1. The number of ether oxygens (including phenoxy) is 2. The lowest BCUT2D eigenvalue weighted by atomic mass is 9.82. The van der Waals surface area contributed by atoms with Gasteiger partial charge in [-0.25, -0.2) is 0 Å². The largest absolute Gasteiger partial charge is 0.497 e. The minimum Gasteiger partial charge on any atom is -0.497 e. The number of aryl methyl sites for hydroxylation is 1. The smallest absolute Gasteiger partial charge is 0.261 e. The van der Waals surface area contributed by atoms with Crippen molar-refractivity contribution >= 4 is 24.9 Å². The molecule has 0 bridgehead atoms. The molecule has 2 N–H and O–H groups in total. The molecule has 3 heterocycles. The third-order valence-corrected chi connectivity index (χ3v) is 13.8. The Morgan fingerprint density at radius 1 is 1.07 bits per heavy atom. The van der Waals surface area contributed by atoms with Crippen LogP contribution in [0.5, 0.6) is 5.75 Å². The van der Waals surface area contributed by atoms with Gasteiger partial charge in [-0.15, -0.1) is 5.10 Å². The molecule has 3 aromatic carbocycles. The molecule has 1 spiro atoms. The number of rotatable bonds is 9. The number of amides is 1. The van der Waals surface area contributed by atoms with Crippen LogP contribution in [0, 0.1) is 5.92 Å². The summed E-state index contributed by atoms with van der Waals surface area (Å²) in [5.41, 5.74) is 2.60. The Morgan fingerprint density at radius 3 is 2.50 bits per heavy atom. The van der Waals surface area contributed by atoms with Crippen LogP contribution in [0.15, 0.2) is 85.1 Å². The van der Waals surface area contributed by atoms with E-state index in [0.717, 1.165) is 28.3 Å². The van der Waals surface area contributed by atoms with Crippen LogP contribution in [0.2, 0.25) is 18.6 Å². The summed E-state index contributed by atoms with van der Waals surface area (Å²) in [6, 6.07) is 26.2.